The molecule has 18 heavy (non-hydrogen) atoms. The Kier molecular flexibility index (Phi) is 4.10. The van der Waals surface area contributed by atoms with E-state index < -0.39 is 0 Å². The fourth-order valence-electron chi connectivity index (χ4n) is 1.54. The molecule has 1 nitrogen and oxygen atoms in total. The number of rotatable bonds is 3. The summed E-state index contributed by atoms with van der Waals surface area (Å²) in [6.45, 7) is 2.11. The van der Waals surface area contributed by atoms with Crippen LogP contribution < -0.4 is 4.74 Å². The molecule has 0 aliphatic rings. The van der Waals surface area contributed by atoms with Gasteiger partial charge in [0, 0.05) is 11.6 Å². The molecule has 0 atom stereocenters. The lowest BCUT2D eigenvalue weighted by atomic mass is 10.2. The Labute approximate surface area is 115 Å². The van der Waals surface area contributed by atoms with E-state index in [9.17, 15) is 4.39 Å². The molecule has 0 fully saturated rings. The molecule has 0 N–H and O–H groups in total. The van der Waals surface area contributed by atoms with E-state index in [0.29, 0.717) is 15.8 Å². The summed E-state index contributed by atoms with van der Waals surface area (Å²) in [6.07, 6.45) is 0. The van der Waals surface area contributed by atoms with Gasteiger partial charge in [0.2, 0.25) is 0 Å². The van der Waals surface area contributed by atoms with Crippen LogP contribution in [0.3, 0.4) is 0 Å². The first-order valence-corrected chi connectivity index (χ1v) is 6.15. The van der Waals surface area contributed by atoms with Crippen molar-refractivity contribution >= 4 is 23.2 Å². The topological polar surface area (TPSA) is 9.23 Å². The Morgan fingerprint density at radius 3 is 2.72 bits per heavy atom. The van der Waals surface area contributed by atoms with Gasteiger partial charge in [0.25, 0.3) is 0 Å². The van der Waals surface area contributed by atoms with Crippen molar-refractivity contribution in [3.63, 3.8) is 0 Å². The summed E-state index contributed by atoms with van der Waals surface area (Å²) in [5.41, 5.74) is 1.64. The van der Waals surface area contributed by atoms with Crippen molar-refractivity contribution in [2.45, 2.75) is 13.5 Å². The summed E-state index contributed by atoms with van der Waals surface area (Å²) in [7, 11) is 0. The average molecular weight is 285 g/mol. The third-order valence-corrected chi connectivity index (χ3v) is 3.42. The number of aryl methyl sites for hydroxylation is 1. The predicted molar refractivity (Wildman–Crippen MR) is 71.9 cm³/mol. The maximum Gasteiger partial charge on any atom is 0.126 e. The van der Waals surface area contributed by atoms with Gasteiger partial charge >= 0.3 is 0 Å². The van der Waals surface area contributed by atoms with Gasteiger partial charge in [0.05, 0.1) is 10.0 Å². The molecule has 94 valence electrons. The van der Waals surface area contributed by atoms with Gasteiger partial charge < -0.3 is 4.74 Å². The Hall–Kier alpha value is -1.25. The van der Waals surface area contributed by atoms with Crippen LogP contribution in [0.5, 0.6) is 5.75 Å². The number of ether oxygens (including phenoxy) is 1. The van der Waals surface area contributed by atoms with Crippen LogP contribution in [0.1, 0.15) is 11.1 Å². The quantitative estimate of drug-likeness (QED) is 0.769. The molecule has 0 saturated carbocycles. The Balaban J connectivity index is 2.16. The van der Waals surface area contributed by atoms with Gasteiger partial charge in [-0.05, 0) is 24.6 Å². The standard InChI is InChI=1S/C14H11Cl2FO/c1-9-5-6-11(17)7-13(9)18-8-10-3-2-4-12(15)14(10)16/h2-7H,8H2,1H3. The van der Waals surface area contributed by atoms with Gasteiger partial charge in [0.15, 0.2) is 0 Å². The van der Waals surface area contributed by atoms with E-state index >= 15 is 0 Å². The van der Waals surface area contributed by atoms with Gasteiger partial charge in [-0.15, -0.1) is 0 Å². The molecule has 0 amide bonds. The summed E-state index contributed by atoms with van der Waals surface area (Å²) in [6, 6.07) is 9.75. The molecule has 0 bridgehead atoms. The van der Waals surface area contributed by atoms with Crippen molar-refractivity contribution < 1.29 is 9.13 Å². The summed E-state index contributed by atoms with van der Waals surface area (Å²) in [5.74, 6) is 0.179. The maximum absolute atomic E-state index is 13.1. The van der Waals surface area contributed by atoms with E-state index in [0.717, 1.165) is 11.1 Å². The number of halogens is 3. The fourth-order valence-corrected chi connectivity index (χ4v) is 1.92. The second kappa shape index (κ2) is 5.59. The van der Waals surface area contributed by atoms with Crippen LogP contribution in [-0.2, 0) is 6.61 Å². The largest absolute Gasteiger partial charge is 0.488 e. The summed E-state index contributed by atoms with van der Waals surface area (Å²) in [5, 5.41) is 0.946. The fraction of sp³-hybridized carbons (Fsp3) is 0.143. The molecule has 0 heterocycles. The van der Waals surface area contributed by atoms with Crippen molar-refractivity contribution in [1.29, 1.82) is 0 Å². The van der Waals surface area contributed by atoms with Crippen LogP contribution in [0.4, 0.5) is 4.39 Å². The second-order valence-electron chi connectivity index (χ2n) is 3.91. The third kappa shape index (κ3) is 2.95. The van der Waals surface area contributed by atoms with Crippen molar-refractivity contribution in [2.75, 3.05) is 0 Å². The lowest BCUT2D eigenvalue weighted by molar-refractivity contribution is 0.302. The first-order valence-electron chi connectivity index (χ1n) is 5.40. The Morgan fingerprint density at radius 2 is 1.94 bits per heavy atom. The van der Waals surface area contributed by atoms with Crippen molar-refractivity contribution in [2.24, 2.45) is 0 Å². The van der Waals surface area contributed by atoms with E-state index in [4.69, 9.17) is 27.9 Å². The average Bonchev–Trinajstić information content (AvgIpc) is 2.35. The van der Waals surface area contributed by atoms with Crippen molar-refractivity contribution in [3.8, 4) is 5.75 Å². The molecule has 0 aliphatic carbocycles. The molecule has 0 unspecified atom stereocenters. The van der Waals surface area contributed by atoms with Gasteiger partial charge in [-0.1, -0.05) is 41.4 Å². The zero-order valence-electron chi connectivity index (χ0n) is 9.71. The van der Waals surface area contributed by atoms with Crippen LogP contribution in [-0.4, -0.2) is 0 Å². The van der Waals surface area contributed by atoms with Crippen LogP contribution in [0.2, 0.25) is 10.0 Å². The molecule has 0 aliphatic heterocycles. The molecule has 4 heteroatoms. The smallest absolute Gasteiger partial charge is 0.126 e. The predicted octanol–water partition coefficient (Wildman–Crippen LogP) is 5.02. The number of benzene rings is 2. The van der Waals surface area contributed by atoms with E-state index in [1.54, 1.807) is 18.2 Å². The number of hydrogen-bond acceptors (Lipinski definition) is 1. The zero-order valence-corrected chi connectivity index (χ0v) is 11.2. The third-order valence-electron chi connectivity index (χ3n) is 2.56. The maximum atomic E-state index is 13.1. The first kappa shape index (κ1) is 13.2. The minimum atomic E-state index is -0.326. The molecular weight excluding hydrogens is 274 g/mol. The number of hydrogen-bond donors (Lipinski definition) is 0. The molecule has 2 aromatic rings. The van der Waals surface area contributed by atoms with Gasteiger partial charge in [-0.3, -0.25) is 0 Å². The van der Waals surface area contributed by atoms with Gasteiger partial charge in [-0.25, -0.2) is 4.39 Å². The summed E-state index contributed by atoms with van der Waals surface area (Å²) in [4.78, 5) is 0. The molecule has 0 saturated heterocycles. The van der Waals surface area contributed by atoms with E-state index in [-0.39, 0.29) is 12.4 Å². The van der Waals surface area contributed by atoms with Crippen LogP contribution >= 0.6 is 23.2 Å². The van der Waals surface area contributed by atoms with Crippen molar-refractivity contribution in [1.82, 2.24) is 0 Å². The second-order valence-corrected chi connectivity index (χ2v) is 4.70. The summed E-state index contributed by atoms with van der Waals surface area (Å²) < 4.78 is 18.6. The SMILES string of the molecule is Cc1ccc(F)cc1OCc1cccc(Cl)c1Cl. The molecule has 2 rings (SSSR count). The highest BCUT2D eigenvalue weighted by atomic mass is 35.5. The van der Waals surface area contributed by atoms with E-state index in [2.05, 4.69) is 0 Å². The minimum absolute atomic E-state index is 0.254. The van der Waals surface area contributed by atoms with Gasteiger partial charge in [-0.2, -0.15) is 0 Å². The molecular formula is C14H11Cl2FO. The minimum Gasteiger partial charge on any atom is -0.488 e. The normalized spacial score (nSPS) is 10.4. The molecule has 0 radical (unpaired) electrons. The zero-order chi connectivity index (χ0) is 13.1. The first-order chi connectivity index (χ1) is 8.58. The monoisotopic (exact) mass is 284 g/mol. The summed E-state index contributed by atoms with van der Waals surface area (Å²) >= 11 is 11.9. The lowest BCUT2D eigenvalue weighted by Gasteiger charge is -2.10. The highest BCUT2D eigenvalue weighted by molar-refractivity contribution is 6.42. The van der Waals surface area contributed by atoms with E-state index in [1.807, 2.05) is 13.0 Å². The highest BCUT2D eigenvalue weighted by Crippen LogP contribution is 2.27. The van der Waals surface area contributed by atoms with Crippen LogP contribution in [0, 0.1) is 12.7 Å². The molecule has 0 aromatic heterocycles. The van der Waals surface area contributed by atoms with Crippen LogP contribution in [0.25, 0.3) is 0 Å². The Morgan fingerprint density at radius 1 is 1.17 bits per heavy atom. The molecule has 2 aromatic carbocycles. The van der Waals surface area contributed by atoms with Gasteiger partial charge in [0.1, 0.15) is 18.2 Å². The van der Waals surface area contributed by atoms with Crippen molar-refractivity contribution in [3.05, 3.63) is 63.4 Å². The highest BCUT2D eigenvalue weighted by Gasteiger charge is 2.06. The molecule has 0 spiro atoms. The van der Waals surface area contributed by atoms with Crippen LogP contribution in [0.15, 0.2) is 36.4 Å². The van der Waals surface area contributed by atoms with E-state index in [1.165, 1.54) is 12.1 Å². The lowest BCUT2D eigenvalue weighted by Crippen LogP contribution is -1.98. The Bertz CT molecular complexity index is 568.